The van der Waals surface area contributed by atoms with Crippen molar-refractivity contribution >= 4 is 10.0 Å². The smallest absolute Gasteiger partial charge is 0.238 e. The minimum absolute atomic E-state index is 0.0111. The fourth-order valence-corrected chi connectivity index (χ4v) is 4.09. The van der Waals surface area contributed by atoms with Crippen LogP contribution in [-0.4, -0.2) is 29.6 Å². The molecule has 0 radical (unpaired) electrons. The van der Waals surface area contributed by atoms with Crippen molar-refractivity contribution in [2.45, 2.75) is 25.3 Å². The third-order valence-electron chi connectivity index (χ3n) is 4.40. The van der Waals surface area contributed by atoms with Crippen LogP contribution in [0.2, 0.25) is 0 Å². The maximum atomic E-state index is 14.0. The minimum Gasteiger partial charge on any atom is -0.238 e. The third kappa shape index (κ3) is 3.63. The molecule has 0 N–H and O–H groups in total. The standard InChI is InChI=1S/C19H19F2N3O2S/c1-13-17(14(2)24(22-13)16-7-5-4-6-8-16)12-23(3)27(25,26)19-11-15(20)9-10-18(19)21/h4-11H,12H2,1-3H3. The van der Waals surface area contributed by atoms with Crippen LogP contribution in [0.15, 0.2) is 53.4 Å². The molecule has 0 bridgehead atoms. The number of nitrogens with zero attached hydrogens (tertiary/aromatic N) is 3. The summed E-state index contributed by atoms with van der Waals surface area (Å²) in [7, 11) is -2.87. The zero-order valence-electron chi connectivity index (χ0n) is 15.1. The van der Waals surface area contributed by atoms with Crippen LogP contribution in [-0.2, 0) is 16.6 Å². The largest absolute Gasteiger partial charge is 0.246 e. The highest BCUT2D eigenvalue weighted by Gasteiger charge is 2.27. The van der Waals surface area contributed by atoms with E-state index in [9.17, 15) is 17.2 Å². The van der Waals surface area contributed by atoms with E-state index in [0.717, 1.165) is 27.8 Å². The van der Waals surface area contributed by atoms with Gasteiger partial charge in [0.25, 0.3) is 0 Å². The Morgan fingerprint density at radius 2 is 1.74 bits per heavy atom. The second-order valence-electron chi connectivity index (χ2n) is 6.23. The average Bonchev–Trinajstić information content (AvgIpc) is 2.92. The second kappa shape index (κ2) is 7.21. The number of benzene rings is 2. The number of hydrogen-bond donors (Lipinski definition) is 0. The van der Waals surface area contributed by atoms with Crippen molar-refractivity contribution in [3.63, 3.8) is 0 Å². The quantitative estimate of drug-likeness (QED) is 0.668. The van der Waals surface area contributed by atoms with E-state index < -0.39 is 26.6 Å². The molecule has 8 heteroatoms. The monoisotopic (exact) mass is 391 g/mol. The van der Waals surface area contributed by atoms with E-state index in [1.165, 1.54) is 7.05 Å². The van der Waals surface area contributed by atoms with Crippen LogP contribution < -0.4 is 0 Å². The van der Waals surface area contributed by atoms with Gasteiger partial charge < -0.3 is 0 Å². The Balaban J connectivity index is 1.96. The Morgan fingerprint density at radius 1 is 1.07 bits per heavy atom. The molecule has 0 aliphatic rings. The summed E-state index contributed by atoms with van der Waals surface area (Å²) in [6, 6.07) is 11.8. The van der Waals surface area contributed by atoms with Crippen LogP contribution in [0.4, 0.5) is 8.78 Å². The summed E-state index contributed by atoms with van der Waals surface area (Å²) in [5, 5.41) is 4.48. The van der Waals surface area contributed by atoms with Gasteiger partial charge >= 0.3 is 0 Å². The summed E-state index contributed by atoms with van der Waals surface area (Å²) < 4.78 is 55.5. The summed E-state index contributed by atoms with van der Waals surface area (Å²) in [6.45, 7) is 3.61. The zero-order valence-corrected chi connectivity index (χ0v) is 16.0. The summed E-state index contributed by atoms with van der Waals surface area (Å²) in [4.78, 5) is -0.684. The van der Waals surface area contributed by atoms with E-state index in [1.54, 1.807) is 11.6 Å². The Bertz CT molecular complexity index is 1080. The number of aromatic nitrogens is 2. The van der Waals surface area contributed by atoms with Gasteiger partial charge in [-0.05, 0) is 44.2 Å². The Morgan fingerprint density at radius 3 is 2.41 bits per heavy atom. The van der Waals surface area contributed by atoms with Crippen molar-refractivity contribution in [1.82, 2.24) is 14.1 Å². The Labute approximate surface area is 156 Å². The van der Waals surface area contributed by atoms with Crippen LogP contribution >= 0.6 is 0 Å². The van der Waals surface area contributed by atoms with Crippen molar-refractivity contribution in [3.8, 4) is 5.69 Å². The van der Waals surface area contributed by atoms with Gasteiger partial charge in [0.05, 0.1) is 11.4 Å². The lowest BCUT2D eigenvalue weighted by Crippen LogP contribution is -2.28. The number of sulfonamides is 1. The van der Waals surface area contributed by atoms with E-state index in [-0.39, 0.29) is 6.54 Å². The van der Waals surface area contributed by atoms with Crippen molar-refractivity contribution in [2.75, 3.05) is 7.05 Å². The molecule has 0 aliphatic heterocycles. The molecule has 27 heavy (non-hydrogen) atoms. The lowest BCUT2D eigenvalue weighted by atomic mass is 10.2. The highest BCUT2D eigenvalue weighted by Crippen LogP contribution is 2.24. The Hall–Kier alpha value is -2.58. The third-order valence-corrected chi connectivity index (χ3v) is 6.22. The predicted octanol–water partition coefficient (Wildman–Crippen LogP) is 3.59. The van der Waals surface area contributed by atoms with Gasteiger partial charge in [0, 0.05) is 24.8 Å². The van der Waals surface area contributed by atoms with Crippen LogP contribution in [0.1, 0.15) is 17.0 Å². The Kier molecular flexibility index (Phi) is 5.12. The molecular weight excluding hydrogens is 372 g/mol. The molecule has 0 atom stereocenters. The molecule has 3 aromatic rings. The summed E-state index contributed by atoms with van der Waals surface area (Å²) in [5.41, 5.74) is 3.01. The number of para-hydroxylation sites is 1. The molecule has 0 saturated carbocycles. The van der Waals surface area contributed by atoms with Crippen LogP contribution in [0.5, 0.6) is 0 Å². The van der Waals surface area contributed by atoms with Crippen LogP contribution in [0.25, 0.3) is 5.69 Å². The predicted molar refractivity (Wildman–Crippen MR) is 98.0 cm³/mol. The first-order valence-corrected chi connectivity index (χ1v) is 9.67. The van der Waals surface area contributed by atoms with Gasteiger partial charge in [-0.3, -0.25) is 0 Å². The van der Waals surface area contributed by atoms with Crippen LogP contribution in [0, 0.1) is 25.5 Å². The van der Waals surface area contributed by atoms with Gasteiger partial charge in [-0.2, -0.15) is 9.40 Å². The normalized spacial score (nSPS) is 11.9. The molecule has 2 aromatic carbocycles. The topological polar surface area (TPSA) is 55.2 Å². The lowest BCUT2D eigenvalue weighted by Gasteiger charge is -2.18. The summed E-state index contributed by atoms with van der Waals surface area (Å²) >= 11 is 0. The van der Waals surface area contributed by atoms with Crippen molar-refractivity contribution in [3.05, 3.63) is 77.1 Å². The number of hydrogen-bond acceptors (Lipinski definition) is 3. The molecule has 0 amide bonds. The first-order chi connectivity index (χ1) is 12.7. The molecule has 0 unspecified atom stereocenters. The zero-order chi connectivity index (χ0) is 19.8. The molecule has 1 heterocycles. The average molecular weight is 391 g/mol. The van der Waals surface area contributed by atoms with Gasteiger partial charge in [0.1, 0.15) is 16.5 Å². The molecule has 1 aromatic heterocycles. The van der Waals surface area contributed by atoms with E-state index in [2.05, 4.69) is 5.10 Å². The first kappa shape index (κ1) is 19.2. The van der Waals surface area contributed by atoms with Crippen LogP contribution in [0.3, 0.4) is 0 Å². The maximum absolute atomic E-state index is 14.0. The molecule has 5 nitrogen and oxygen atoms in total. The van der Waals surface area contributed by atoms with E-state index >= 15 is 0 Å². The fourth-order valence-electron chi connectivity index (χ4n) is 2.87. The molecule has 0 spiro atoms. The molecule has 0 aliphatic carbocycles. The number of rotatable bonds is 5. The van der Waals surface area contributed by atoms with Crippen molar-refractivity contribution in [1.29, 1.82) is 0 Å². The van der Waals surface area contributed by atoms with E-state index in [4.69, 9.17) is 0 Å². The van der Waals surface area contributed by atoms with Gasteiger partial charge in [0.2, 0.25) is 10.0 Å². The summed E-state index contributed by atoms with van der Waals surface area (Å²) in [6.07, 6.45) is 0. The molecule has 142 valence electrons. The van der Waals surface area contributed by atoms with Crippen molar-refractivity contribution < 1.29 is 17.2 Å². The van der Waals surface area contributed by atoms with Gasteiger partial charge in [-0.25, -0.2) is 21.9 Å². The summed E-state index contributed by atoms with van der Waals surface area (Å²) in [5.74, 6) is -1.80. The fraction of sp³-hybridized carbons (Fsp3) is 0.211. The molecule has 3 rings (SSSR count). The second-order valence-corrected chi connectivity index (χ2v) is 8.25. The maximum Gasteiger partial charge on any atom is 0.246 e. The molecule has 0 fully saturated rings. The molecule has 0 saturated heterocycles. The van der Waals surface area contributed by atoms with Gasteiger partial charge in [-0.1, -0.05) is 18.2 Å². The highest BCUT2D eigenvalue weighted by molar-refractivity contribution is 7.89. The number of aryl methyl sites for hydroxylation is 1. The van der Waals surface area contributed by atoms with Gasteiger partial charge in [-0.15, -0.1) is 0 Å². The molecular formula is C19H19F2N3O2S. The van der Waals surface area contributed by atoms with Gasteiger partial charge in [0.15, 0.2) is 0 Å². The van der Waals surface area contributed by atoms with E-state index in [1.807, 2.05) is 37.3 Å². The minimum atomic E-state index is -4.20. The highest BCUT2D eigenvalue weighted by atomic mass is 32.2. The lowest BCUT2D eigenvalue weighted by molar-refractivity contribution is 0.456. The first-order valence-electron chi connectivity index (χ1n) is 8.23. The SMILES string of the molecule is Cc1nn(-c2ccccc2)c(C)c1CN(C)S(=O)(=O)c1cc(F)ccc1F. The van der Waals surface area contributed by atoms with E-state index in [0.29, 0.717) is 17.3 Å². The number of halogens is 2. The van der Waals surface area contributed by atoms with Crippen molar-refractivity contribution in [2.24, 2.45) is 0 Å².